The number of aromatic amines is 1. The van der Waals surface area contributed by atoms with Gasteiger partial charge in [0.2, 0.25) is 5.89 Å². The van der Waals surface area contributed by atoms with Crippen LogP contribution in [0.4, 0.5) is 0 Å². The monoisotopic (exact) mass is 381 g/mol. The Hall–Kier alpha value is -3.33. The van der Waals surface area contributed by atoms with Crippen LogP contribution in [0, 0.1) is 6.92 Å². The first-order valence-corrected chi connectivity index (χ1v) is 9.74. The van der Waals surface area contributed by atoms with E-state index in [9.17, 15) is 8.42 Å². The molecule has 0 aliphatic rings. The van der Waals surface area contributed by atoms with Crippen molar-refractivity contribution in [2.45, 2.75) is 17.6 Å². The van der Waals surface area contributed by atoms with E-state index in [1.807, 2.05) is 19.1 Å². The van der Waals surface area contributed by atoms with Crippen molar-refractivity contribution in [2.75, 3.05) is 0 Å². The topological polar surface area (TPSA) is 115 Å². The molecule has 0 saturated carbocycles. The second-order valence-corrected chi connectivity index (χ2v) is 7.97. The molecule has 27 heavy (non-hydrogen) atoms. The van der Waals surface area contributed by atoms with E-state index in [4.69, 9.17) is 4.42 Å². The highest BCUT2D eigenvalue weighted by Gasteiger charge is 2.20. The lowest BCUT2D eigenvalue weighted by atomic mass is 10.2. The van der Waals surface area contributed by atoms with Gasteiger partial charge >= 0.3 is 0 Å². The predicted octanol–water partition coefficient (Wildman–Crippen LogP) is 2.80. The fourth-order valence-corrected chi connectivity index (χ4v) is 3.67. The fourth-order valence-electron chi connectivity index (χ4n) is 2.51. The zero-order valence-corrected chi connectivity index (χ0v) is 15.1. The van der Waals surface area contributed by atoms with Gasteiger partial charge in [-0.05, 0) is 37.3 Å². The van der Waals surface area contributed by atoms with E-state index in [-0.39, 0.29) is 22.4 Å². The summed E-state index contributed by atoms with van der Waals surface area (Å²) in [5, 5.41) is 14.8. The van der Waals surface area contributed by atoms with Crippen molar-refractivity contribution < 1.29 is 12.8 Å². The van der Waals surface area contributed by atoms with Gasteiger partial charge < -0.3 is 4.42 Å². The Morgan fingerprint density at radius 3 is 2.52 bits per heavy atom. The largest absolute Gasteiger partial charge is 0.418 e. The van der Waals surface area contributed by atoms with Gasteiger partial charge in [0.15, 0.2) is 9.84 Å². The van der Waals surface area contributed by atoms with E-state index in [0.717, 1.165) is 11.1 Å². The van der Waals surface area contributed by atoms with Crippen molar-refractivity contribution >= 4 is 9.84 Å². The Bertz CT molecular complexity index is 1170. The van der Waals surface area contributed by atoms with E-state index >= 15 is 0 Å². The molecule has 0 fully saturated rings. The number of hydrogen-bond acceptors (Lipinski definition) is 7. The summed E-state index contributed by atoms with van der Waals surface area (Å²) in [5.74, 6) is -0.170. The average Bonchev–Trinajstić information content (AvgIpc) is 3.32. The third kappa shape index (κ3) is 3.63. The Kier molecular flexibility index (Phi) is 4.28. The molecule has 0 unspecified atom stereocenters. The zero-order valence-electron chi connectivity index (χ0n) is 14.3. The molecule has 0 aliphatic carbocycles. The Morgan fingerprint density at radius 1 is 1.04 bits per heavy atom. The van der Waals surface area contributed by atoms with Crippen LogP contribution in [-0.4, -0.2) is 33.8 Å². The number of hydrogen-bond donors (Lipinski definition) is 1. The van der Waals surface area contributed by atoms with Crippen molar-refractivity contribution in [3.63, 3.8) is 0 Å². The molecular weight excluding hydrogens is 366 g/mol. The average molecular weight is 381 g/mol. The number of H-pyrrole nitrogens is 1. The molecule has 4 rings (SSSR count). The second-order valence-electron chi connectivity index (χ2n) is 5.98. The second kappa shape index (κ2) is 6.76. The van der Waals surface area contributed by atoms with Crippen LogP contribution in [0.1, 0.15) is 11.5 Å². The van der Waals surface area contributed by atoms with Crippen molar-refractivity contribution in [3.8, 4) is 22.8 Å². The number of aromatic nitrogens is 5. The highest BCUT2D eigenvalue weighted by Crippen LogP contribution is 2.23. The zero-order chi connectivity index (χ0) is 18.9. The van der Waals surface area contributed by atoms with Gasteiger partial charge in [-0.2, -0.15) is 5.10 Å². The number of nitrogens with one attached hydrogen (secondary N) is 1. The smallest absolute Gasteiger partial charge is 0.265 e. The van der Waals surface area contributed by atoms with Gasteiger partial charge in [0.25, 0.3) is 5.89 Å². The van der Waals surface area contributed by atoms with Crippen LogP contribution in [0.2, 0.25) is 0 Å². The maximum Gasteiger partial charge on any atom is 0.265 e. The van der Waals surface area contributed by atoms with Gasteiger partial charge in [0.05, 0.1) is 10.6 Å². The maximum atomic E-state index is 12.5. The minimum Gasteiger partial charge on any atom is -0.418 e. The summed E-state index contributed by atoms with van der Waals surface area (Å²) in [7, 11) is -3.57. The first kappa shape index (κ1) is 17.1. The van der Waals surface area contributed by atoms with Gasteiger partial charge in [-0.15, -0.1) is 10.2 Å². The predicted molar refractivity (Wildman–Crippen MR) is 97.2 cm³/mol. The van der Waals surface area contributed by atoms with E-state index in [1.54, 1.807) is 42.7 Å². The molecule has 0 spiro atoms. The van der Waals surface area contributed by atoms with Crippen molar-refractivity contribution in [3.05, 3.63) is 66.3 Å². The molecule has 1 aromatic carbocycles. The molecule has 0 amide bonds. The summed E-state index contributed by atoms with van der Waals surface area (Å²) in [6.45, 7) is 1.89. The lowest BCUT2D eigenvalue weighted by Crippen LogP contribution is -2.05. The Balaban J connectivity index is 1.55. The molecule has 3 heterocycles. The highest BCUT2D eigenvalue weighted by molar-refractivity contribution is 7.90. The number of benzene rings is 1. The summed E-state index contributed by atoms with van der Waals surface area (Å²) < 4.78 is 30.5. The molecule has 3 aromatic heterocycles. The molecule has 0 bridgehead atoms. The van der Waals surface area contributed by atoms with Crippen LogP contribution in [0.15, 0.2) is 64.2 Å². The number of aryl methyl sites for hydroxylation is 1. The minimum absolute atomic E-state index is 0.0191. The normalized spacial score (nSPS) is 11.6. The van der Waals surface area contributed by atoms with E-state index in [1.165, 1.54) is 0 Å². The molecule has 0 atom stereocenters. The van der Waals surface area contributed by atoms with Crippen LogP contribution in [0.5, 0.6) is 0 Å². The standard InChI is InChI=1S/C18H15N5O3S/c1-12-2-4-14(5-3-12)27(24,25)11-17-22-23-18(26-17)16-10-15(20-21-16)13-6-8-19-9-7-13/h2-10H,11H2,1H3,(H,20,21). The SMILES string of the molecule is Cc1ccc(S(=O)(=O)Cc2nnc(-c3cc(-c4ccncc4)n[nH]3)o2)cc1. The summed E-state index contributed by atoms with van der Waals surface area (Å²) in [6.07, 6.45) is 3.34. The van der Waals surface area contributed by atoms with Gasteiger partial charge in [-0.3, -0.25) is 10.1 Å². The first-order valence-electron chi connectivity index (χ1n) is 8.09. The van der Waals surface area contributed by atoms with Gasteiger partial charge in [-0.25, -0.2) is 8.42 Å². The molecule has 0 aliphatic heterocycles. The summed E-state index contributed by atoms with van der Waals surface area (Å²) >= 11 is 0. The van der Waals surface area contributed by atoms with Crippen LogP contribution >= 0.6 is 0 Å². The third-order valence-corrected chi connectivity index (χ3v) is 5.56. The third-order valence-electron chi connectivity index (χ3n) is 3.94. The Morgan fingerprint density at radius 2 is 1.78 bits per heavy atom. The number of rotatable bonds is 5. The summed E-state index contributed by atoms with van der Waals surface area (Å²) in [6, 6.07) is 12.0. The van der Waals surface area contributed by atoms with Gasteiger partial charge in [0, 0.05) is 18.0 Å². The lowest BCUT2D eigenvalue weighted by molar-refractivity contribution is 0.516. The van der Waals surface area contributed by atoms with Crippen LogP contribution in [0.25, 0.3) is 22.8 Å². The van der Waals surface area contributed by atoms with Crippen LogP contribution in [0.3, 0.4) is 0 Å². The Labute approximate surface area is 155 Å². The molecule has 8 nitrogen and oxygen atoms in total. The van der Waals surface area contributed by atoms with E-state index < -0.39 is 9.84 Å². The van der Waals surface area contributed by atoms with Crippen molar-refractivity contribution in [2.24, 2.45) is 0 Å². The number of nitrogens with zero attached hydrogens (tertiary/aromatic N) is 4. The van der Waals surface area contributed by atoms with Gasteiger partial charge in [0.1, 0.15) is 11.4 Å². The maximum absolute atomic E-state index is 12.5. The molecule has 136 valence electrons. The molecular formula is C18H15N5O3S. The van der Waals surface area contributed by atoms with Crippen molar-refractivity contribution in [1.29, 1.82) is 0 Å². The number of pyridine rings is 1. The van der Waals surface area contributed by atoms with Crippen molar-refractivity contribution in [1.82, 2.24) is 25.4 Å². The van der Waals surface area contributed by atoms with Crippen LogP contribution < -0.4 is 0 Å². The number of sulfone groups is 1. The minimum atomic E-state index is -3.57. The summed E-state index contributed by atoms with van der Waals surface area (Å²) in [4.78, 5) is 4.18. The van der Waals surface area contributed by atoms with Crippen LogP contribution in [-0.2, 0) is 15.6 Å². The van der Waals surface area contributed by atoms with E-state index in [2.05, 4.69) is 25.4 Å². The quantitative estimate of drug-likeness (QED) is 0.565. The van der Waals surface area contributed by atoms with E-state index in [0.29, 0.717) is 11.4 Å². The lowest BCUT2D eigenvalue weighted by Gasteiger charge is -2.01. The molecule has 9 heteroatoms. The highest BCUT2D eigenvalue weighted by atomic mass is 32.2. The van der Waals surface area contributed by atoms with Gasteiger partial charge in [-0.1, -0.05) is 17.7 Å². The molecule has 4 aromatic rings. The summed E-state index contributed by atoms with van der Waals surface area (Å²) in [5.41, 5.74) is 3.07. The molecule has 0 radical (unpaired) electrons. The first-order chi connectivity index (χ1) is 13.0. The molecule has 1 N–H and O–H groups in total. The fraction of sp³-hybridized carbons (Fsp3) is 0.111. The molecule has 0 saturated heterocycles.